The third-order valence-electron chi connectivity index (χ3n) is 3.46. The summed E-state index contributed by atoms with van der Waals surface area (Å²) in [5, 5.41) is 1.98. The Labute approximate surface area is 130 Å². The van der Waals surface area contributed by atoms with Gasteiger partial charge in [0.1, 0.15) is 11.5 Å². The molecule has 20 heavy (non-hydrogen) atoms. The molecular formula is C15H16BrNO2S. The van der Waals surface area contributed by atoms with E-state index in [1.54, 1.807) is 18.4 Å². The molecule has 0 spiro atoms. The zero-order chi connectivity index (χ0) is 14.1. The lowest BCUT2D eigenvalue weighted by Gasteiger charge is -2.13. The molecule has 1 unspecified atom stereocenters. The van der Waals surface area contributed by atoms with Crippen LogP contribution in [0.3, 0.4) is 0 Å². The van der Waals surface area contributed by atoms with E-state index in [1.807, 2.05) is 11.4 Å². The van der Waals surface area contributed by atoms with Crippen LogP contribution in [0.25, 0.3) is 0 Å². The molecular weight excluding hydrogens is 338 g/mol. The third-order valence-corrected chi connectivity index (χ3v) is 4.96. The normalized spacial score (nSPS) is 14.8. The zero-order valence-corrected chi connectivity index (χ0v) is 13.6. The maximum absolute atomic E-state index is 6.32. The van der Waals surface area contributed by atoms with Crippen molar-refractivity contribution < 1.29 is 9.47 Å². The summed E-state index contributed by atoms with van der Waals surface area (Å²) in [5.74, 6) is 1.89. The molecule has 0 saturated carbocycles. The van der Waals surface area contributed by atoms with Gasteiger partial charge in [0.15, 0.2) is 0 Å². The first-order valence-corrected chi connectivity index (χ1v) is 8.16. The second kappa shape index (κ2) is 5.76. The van der Waals surface area contributed by atoms with Crippen molar-refractivity contribution in [3.05, 3.63) is 44.1 Å². The second-order valence-corrected chi connectivity index (χ2v) is 6.71. The van der Waals surface area contributed by atoms with Gasteiger partial charge in [0.25, 0.3) is 0 Å². The van der Waals surface area contributed by atoms with Gasteiger partial charge in [-0.05, 0) is 35.7 Å². The zero-order valence-electron chi connectivity index (χ0n) is 11.2. The van der Waals surface area contributed by atoms with Crippen molar-refractivity contribution in [1.29, 1.82) is 0 Å². The largest absolute Gasteiger partial charge is 0.496 e. The minimum atomic E-state index is -0.0356. The molecule has 1 aromatic heterocycles. The smallest absolute Gasteiger partial charge is 0.129 e. The van der Waals surface area contributed by atoms with E-state index < -0.39 is 0 Å². The van der Waals surface area contributed by atoms with Crippen molar-refractivity contribution in [3.8, 4) is 11.5 Å². The van der Waals surface area contributed by atoms with Crippen LogP contribution in [0.4, 0.5) is 0 Å². The first kappa shape index (κ1) is 13.9. The lowest BCUT2D eigenvalue weighted by atomic mass is 10.0. The van der Waals surface area contributed by atoms with Crippen LogP contribution in [0.5, 0.6) is 11.5 Å². The molecule has 0 fully saturated rings. The highest BCUT2D eigenvalue weighted by atomic mass is 79.9. The van der Waals surface area contributed by atoms with Crippen LogP contribution in [-0.4, -0.2) is 13.7 Å². The Bertz CT molecular complexity index is 626. The molecule has 0 saturated heterocycles. The molecule has 3 rings (SSSR count). The Hall–Kier alpha value is -1.04. The number of ether oxygens (including phenoxy) is 2. The Morgan fingerprint density at radius 2 is 2.30 bits per heavy atom. The summed E-state index contributed by atoms with van der Waals surface area (Å²) >= 11 is 5.20. The molecule has 1 aliphatic rings. The molecule has 1 atom stereocenters. The first-order valence-electron chi connectivity index (χ1n) is 6.49. The fourth-order valence-corrected chi connectivity index (χ4v) is 3.88. The number of rotatable bonds is 4. The summed E-state index contributed by atoms with van der Waals surface area (Å²) in [6.45, 7) is 0.765. The van der Waals surface area contributed by atoms with Gasteiger partial charge in [0.05, 0.1) is 13.7 Å². The van der Waals surface area contributed by atoms with Crippen molar-refractivity contribution in [1.82, 2.24) is 0 Å². The maximum Gasteiger partial charge on any atom is 0.129 e. The average molecular weight is 354 g/mol. The summed E-state index contributed by atoms with van der Waals surface area (Å²) in [6, 6.07) is 6.21. The number of thiophene rings is 1. The lowest BCUT2D eigenvalue weighted by molar-refractivity contribution is 0.352. The predicted octanol–water partition coefficient (Wildman–Crippen LogP) is 3.70. The summed E-state index contributed by atoms with van der Waals surface area (Å²) in [7, 11) is 1.67. The van der Waals surface area contributed by atoms with Crippen molar-refractivity contribution in [2.24, 2.45) is 5.73 Å². The van der Waals surface area contributed by atoms with Gasteiger partial charge in [0, 0.05) is 27.2 Å². The number of methoxy groups -OCH3 is 1. The van der Waals surface area contributed by atoms with Gasteiger partial charge in [-0.25, -0.2) is 0 Å². The second-order valence-electron chi connectivity index (χ2n) is 4.85. The van der Waals surface area contributed by atoms with Crippen molar-refractivity contribution >= 4 is 27.3 Å². The molecule has 2 aromatic rings. The number of fused-ring (bicyclic) bond motifs is 1. The Balaban J connectivity index is 1.84. The van der Waals surface area contributed by atoms with Gasteiger partial charge in [-0.2, -0.15) is 0 Å². The third kappa shape index (κ3) is 2.71. The molecule has 0 bridgehead atoms. The number of nitrogens with two attached hydrogens (primary N) is 1. The van der Waals surface area contributed by atoms with Crippen LogP contribution in [0.1, 0.15) is 22.0 Å². The highest BCUT2D eigenvalue weighted by Gasteiger charge is 2.20. The van der Waals surface area contributed by atoms with Gasteiger partial charge < -0.3 is 15.2 Å². The van der Waals surface area contributed by atoms with Crippen LogP contribution < -0.4 is 15.2 Å². The maximum atomic E-state index is 6.32. The van der Waals surface area contributed by atoms with E-state index in [9.17, 15) is 0 Å². The molecule has 2 heterocycles. The molecule has 1 aliphatic heterocycles. The topological polar surface area (TPSA) is 44.5 Å². The Kier molecular flexibility index (Phi) is 4.01. The molecule has 2 N–H and O–H groups in total. The van der Waals surface area contributed by atoms with Gasteiger partial charge in [0.2, 0.25) is 0 Å². The fraction of sp³-hybridized carbons (Fsp3) is 0.333. The molecule has 3 nitrogen and oxygen atoms in total. The molecule has 5 heteroatoms. The highest BCUT2D eigenvalue weighted by Crippen LogP contribution is 2.36. The highest BCUT2D eigenvalue weighted by molar-refractivity contribution is 9.10. The Morgan fingerprint density at radius 1 is 1.45 bits per heavy atom. The monoisotopic (exact) mass is 353 g/mol. The first-order chi connectivity index (χ1) is 9.67. The van der Waals surface area contributed by atoms with Crippen LogP contribution in [0, 0.1) is 0 Å². The summed E-state index contributed by atoms with van der Waals surface area (Å²) in [5.41, 5.74) is 8.76. The van der Waals surface area contributed by atoms with E-state index in [1.165, 1.54) is 11.1 Å². The molecule has 0 amide bonds. The van der Waals surface area contributed by atoms with E-state index in [-0.39, 0.29) is 6.04 Å². The van der Waals surface area contributed by atoms with Crippen molar-refractivity contribution in [2.75, 3.05) is 13.7 Å². The fourth-order valence-electron chi connectivity index (χ4n) is 2.47. The van der Waals surface area contributed by atoms with Crippen LogP contribution in [0.2, 0.25) is 0 Å². The SMILES string of the molecule is COc1csc(C(N)Cc2cc(Br)cc3c2OCC3)c1. The molecule has 106 valence electrons. The standard InChI is InChI=1S/C15H16BrNO2S/c1-18-12-7-14(20-8-12)13(17)6-10-5-11(16)4-9-2-3-19-15(9)10/h4-5,7-8,13H,2-3,6,17H2,1H3. The Morgan fingerprint density at radius 3 is 3.05 bits per heavy atom. The van der Waals surface area contributed by atoms with Crippen molar-refractivity contribution in [2.45, 2.75) is 18.9 Å². The minimum Gasteiger partial charge on any atom is -0.496 e. The van der Waals surface area contributed by atoms with E-state index in [0.29, 0.717) is 0 Å². The van der Waals surface area contributed by atoms with Gasteiger partial charge in [-0.3, -0.25) is 0 Å². The summed E-state index contributed by atoms with van der Waals surface area (Å²) < 4.78 is 12.1. The molecule has 0 aliphatic carbocycles. The van der Waals surface area contributed by atoms with Crippen LogP contribution >= 0.6 is 27.3 Å². The van der Waals surface area contributed by atoms with Crippen LogP contribution in [0.15, 0.2) is 28.1 Å². The molecule has 0 radical (unpaired) electrons. The van der Waals surface area contributed by atoms with E-state index in [0.717, 1.165) is 40.3 Å². The minimum absolute atomic E-state index is 0.0356. The van der Waals surface area contributed by atoms with Gasteiger partial charge in [-0.1, -0.05) is 15.9 Å². The van der Waals surface area contributed by atoms with Gasteiger partial charge >= 0.3 is 0 Å². The van der Waals surface area contributed by atoms with Gasteiger partial charge in [-0.15, -0.1) is 11.3 Å². The van der Waals surface area contributed by atoms with Crippen molar-refractivity contribution in [3.63, 3.8) is 0 Å². The number of hydrogen-bond donors (Lipinski definition) is 1. The van der Waals surface area contributed by atoms with Crippen LogP contribution in [-0.2, 0) is 12.8 Å². The lowest BCUT2D eigenvalue weighted by Crippen LogP contribution is -2.12. The van der Waals surface area contributed by atoms with E-state index in [4.69, 9.17) is 15.2 Å². The van der Waals surface area contributed by atoms with E-state index in [2.05, 4.69) is 28.1 Å². The average Bonchev–Trinajstić information content (AvgIpc) is 3.06. The number of hydrogen-bond acceptors (Lipinski definition) is 4. The number of halogens is 1. The van der Waals surface area contributed by atoms with E-state index >= 15 is 0 Å². The molecule has 1 aromatic carbocycles. The summed E-state index contributed by atoms with van der Waals surface area (Å²) in [4.78, 5) is 1.13. The predicted molar refractivity (Wildman–Crippen MR) is 84.8 cm³/mol. The summed E-state index contributed by atoms with van der Waals surface area (Å²) in [6.07, 6.45) is 1.75. The number of benzene rings is 1. The quantitative estimate of drug-likeness (QED) is 0.911.